The number of rotatable bonds is 2. The molecule has 1 aliphatic heterocycles. The van der Waals surface area contributed by atoms with E-state index in [1.54, 1.807) is 0 Å². The number of aromatic nitrogens is 2. The fourth-order valence-corrected chi connectivity index (χ4v) is 1.93. The molecule has 15 heavy (non-hydrogen) atoms. The van der Waals surface area contributed by atoms with Crippen LogP contribution in [0.15, 0.2) is 6.20 Å². The van der Waals surface area contributed by atoms with Crippen molar-refractivity contribution in [2.75, 3.05) is 33.2 Å². The molecular weight excluding hydrogens is 188 g/mol. The Balaban J connectivity index is 1.94. The standard InChI is InChI=1S/C11H20N4/c1-10-12-8-11(14(10)3)9-15-6-4-13(2)5-7-15/h8H,4-7,9H2,1-3H3. The Labute approximate surface area is 91.5 Å². The van der Waals surface area contributed by atoms with Crippen LogP contribution in [-0.2, 0) is 13.6 Å². The van der Waals surface area contributed by atoms with E-state index in [0.29, 0.717) is 0 Å². The Morgan fingerprint density at radius 2 is 1.87 bits per heavy atom. The Hall–Kier alpha value is -0.870. The molecule has 1 fully saturated rings. The molecule has 0 saturated carbocycles. The van der Waals surface area contributed by atoms with Crippen molar-refractivity contribution < 1.29 is 0 Å². The lowest BCUT2D eigenvalue weighted by Crippen LogP contribution is -2.44. The first-order valence-electron chi connectivity index (χ1n) is 5.55. The van der Waals surface area contributed by atoms with Crippen molar-refractivity contribution in [3.05, 3.63) is 17.7 Å². The van der Waals surface area contributed by atoms with Crippen LogP contribution in [0, 0.1) is 6.92 Å². The zero-order valence-corrected chi connectivity index (χ0v) is 9.90. The number of likely N-dealkylation sites (N-methyl/N-ethyl adjacent to an activating group) is 1. The summed E-state index contributed by atoms with van der Waals surface area (Å²) in [6, 6.07) is 0. The summed E-state index contributed by atoms with van der Waals surface area (Å²) < 4.78 is 2.18. The van der Waals surface area contributed by atoms with Crippen LogP contribution < -0.4 is 0 Å². The first-order chi connectivity index (χ1) is 7.16. The maximum atomic E-state index is 4.32. The van der Waals surface area contributed by atoms with E-state index >= 15 is 0 Å². The van der Waals surface area contributed by atoms with Gasteiger partial charge >= 0.3 is 0 Å². The lowest BCUT2D eigenvalue weighted by Gasteiger charge is -2.32. The number of nitrogens with zero attached hydrogens (tertiary/aromatic N) is 4. The number of imidazole rings is 1. The van der Waals surface area contributed by atoms with E-state index in [0.717, 1.165) is 12.4 Å². The van der Waals surface area contributed by atoms with E-state index in [9.17, 15) is 0 Å². The second-order valence-corrected chi connectivity index (χ2v) is 4.44. The Morgan fingerprint density at radius 1 is 1.20 bits per heavy atom. The van der Waals surface area contributed by atoms with Gasteiger partial charge in [0.05, 0.1) is 5.69 Å². The van der Waals surface area contributed by atoms with Crippen molar-refractivity contribution in [2.45, 2.75) is 13.5 Å². The molecule has 0 atom stereocenters. The Kier molecular flexibility index (Phi) is 3.07. The molecule has 1 saturated heterocycles. The number of hydrogen-bond acceptors (Lipinski definition) is 3. The third kappa shape index (κ3) is 2.38. The molecule has 84 valence electrons. The molecule has 0 aliphatic carbocycles. The van der Waals surface area contributed by atoms with Crippen molar-refractivity contribution in [3.8, 4) is 0 Å². The Bertz CT molecular complexity index is 323. The molecule has 2 heterocycles. The molecule has 0 radical (unpaired) electrons. The highest BCUT2D eigenvalue weighted by Gasteiger charge is 2.15. The fourth-order valence-electron chi connectivity index (χ4n) is 1.93. The average Bonchev–Trinajstić information content (AvgIpc) is 2.53. The van der Waals surface area contributed by atoms with Gasteiger partial charge in [0.25, 0.3) is 0 Å². The SMILES string of the molecule is Cc1ncc(CN2CCN(C)CC2)n1C. The molecule has 0 N–H and O–H groups in total. The molecule has 1 aliphatic rings. The van der Waals surface area contributed by atoms with E-state index < -0.39 is 0 Å². The van der Waals surface area contributed by atoms with Crippen LogP contribution in [0.25, 0.3) is 0 Å². The van der Waals surface area contributed by atoms with Gasteiger partial charge in [0.2, 0.25) is 0 Å². The highest BCUT2D eigenvalue weighted by atomic mass is 15.3. The largest absolute Gasteiger partial charge is 0.334 e. The van der Waals surface area contributed by atoms with Gasteiger partial charge in [-0.05, 0) is 14.0 Å². The van der Waals surface area contributed by atoms with Crippen LogP contribution >= 0.6 is 0 Å². The number of aryl methyl sites for hydroxylation is 1. The molecule has 2 rings (SSSR count). The normalized spacial score (nSPS) is 19.7. The second kappa shape index (κ2) is 4.33. The minimum atomic E-state index is 1.03. The van der Waals surface area contributed by atoms with Crippen molar-refractivity contribution in [2.24, 2.45) is 7.05 Å². The van der Waals surface area contributed by atoms with Crippen LogP contribution in [0.3, 0.4) is 0 Å². The smallest absolute Gasteiger partial charge is 0.105 e. The fraction of sp³-hybridized carbons (Fsp3) is 0.727. The minimum absolute atomic E-state index is 1.03. The molecule has 4 heteroatoms. The molecular formula is C11H20N4. The molecule has 0 amide bonds. The molecule has 1 aromatic rings. The third-order valence-electron chi connectivity index (χ3n) is 3.30. The monoisotopic (exact) mass is 208 g/mol. The van der Waals surface area contributed by atoms with Crippen LogP contribution in [0.1, 0.15) is 11.5 Å². The summed E-state index contributed by atoms with van der Waals surface area (Å²) in [6.07, 6.45) is 1.99. The summed E-state index contributed by atoms with van der Waals surface area (Å²) >= 11 is 0. The van der Waals surface area contributed by atoms with Crippen LogP contribution in [-0.4, -0.2) is 52.6 Å². The first kappa shape index (κ1) is 10.6. The highest BCUT2D eigenvalue weighted by molar-refractivity contribution is 5.03. The lowest BCUT2D eigenvalue weighted by atomic mass is 10.3. The van der Waals surface area contributed by atoms with E-state index in [1.807, 2.05) is 13.1 Å². The van der Waals surface area contributed by atoms with E-state index in [-0.39, 0.29) is 0 Å². The van der Waals surface area contributed by atoms with Gasteiger partial charge in [0, 0.05) is 46.0 Å². The van der Waals surface area contributed by atoms with Gasteiger partial charge in [0.1, 0.15) is 5.82 Å². The predicted molar refractivity (Wildman–Crippen MR) is 60.7 cm³/mol. The van der Waals surface area contributed by atoms with Gasteiger partial charge in [-0.15, -0.1) is 0 Å². The summed E-state index contributed by atoms with van der Waals surface area (Å²) in [7, 11) is 4.28. The minimum Gasteiger partial charge on any atom is -0.334 e. The number of hydrogen-bond donors (Lipinski definition) is 0. The zero-order chi connectivity index (χ0) is 10.8. The van der Waals surface area contributed by atoms with Crippen molar-refractivity contribution in [1.29, 1.82) is 0 Å². The van der Waals surface area contributed by atoms with E-state index in [4.69, 9.17) is 0 Å². The molecule has 0 spiro atoms. The summed E-state index contributed by atoms with van der Waals surface area (Å²) in [4.78, 5) is 9.20. The van der Waals surface area contributed by atoms with Gasteiger partial charge in [-0.1, -0.05) is 0 Å². The van der Waals surface area contributed by atoms with Gasteiger partial charge in [0.15, 0.2) is 0 Å². The highest BCUT2D eigenvalue weighted by Crippen LogP contribution is 2.08. The quantitative estimate of drug-likeness (QED) is 0.706. The third-order valence-corrected chi connectivity index (χ3v) is 3.30. The van der Waals surface area contributed by atoms with Crippen molar-refractivity contribution in [1.82, 2.24) is 19.4 Å². The summed E-state index contributed by atoms with van der Waals surface area (Å²) in [6.45, 7) is 7.77. The zero-order valence-electron chi connectivity index (χ0n) is 9.90. The molecule has 0 unspecified atom stereocenters. The van der Waals surface area contributed by atoms with E-state index in [2.05, 4.69) is 33.4 Å². The van der Waals surface area contributed by atoms with Gasteiger partial charge in [-0.2, -0.15) is 0 Å². The molecule has 0 bridgehead atoms. The van der Waals surface area contributed by atoms with Crippen LogP contribution in [0.4, 0.5) is 0 Å². The summed E-state index contributed by atoms with van der Waals surface area (Å²) in [5, 5.41) is 0. The van der Waals surface area contributed by atoms with Gasteiger partial charge in [-0.3, -0.25) is 4.90 Å². The molecule has 0 aromatic carbocycles. The molecule has 4 nitrogen and oxygen atoms in total. The Morgan fingerprint density at radius 3 is 2.40 bits per heavy atom. The predicted octanol–water partition coefficient (Wildman–Crippen LogP) is 0.476. The van der Waals surface area contributed by atoms with Crippen LogP contribution in [0.2, 0.25) is 0 Å². The average molecular weight is 208 g/mol. The lowest BCUT2D eigenvalue weighted by molar-refractivity contribution is 0.146. The maximum Gasteiger partial charge on any atom is 0.105 e. The second-order valence-electron chi connectivity index (χ2n) is 4.44. The van der Waals surface area contributed by atoms with Crippen LogP contribution in [0.5, 0.6) is 0 Å². The van der Waals surface area contributed by atoms with Gasteiger partial charge in [-0.25, -0.2) is 4.98 Å². The van der Waals surface area contributed by atoms with Crippen molar-refractivity contribution in [3.63, 3.8) is 0 Å². The summed E-state index contributed by atoms with van der Waals surface area (Å²) in [5.41, 5.74) is 1.32. The maximum absolute atomic E-state index is 4.32. The first-order valence-corrected chi connectivity index (χ1v) is 5.55. The van der Waals surface area contributed by atoms with Gasteiger partial charge < -0.3 is 9.47 Å². The topological polar surface area (TPSA) is 24.3 Å². The van der Waals surface area contributed by atoms with E-state index in [1.165, 1.54) is 31.9 Å². The molecule has 1 aromatic heterocycles. The number of piperazine rings is 1. The van der Waals surface area contributed by atoms with Crippen molar-refractivity contribution >= 4 is 0 Å². The summed E-state index contributed by atoms with van der Waals surface area (Å²) in [5.74, 6) is 1.10.